The Labute approximate surface area is 171 Å². The van der Waals surface area contributed by atoms with Gasteiger partial charge in [0.1, 0.15) is 12.3 Å². The topological polar surface area (TPSA) is 62.7 Å². The molecular weight excluding hydrogens is 366 g/mol. The lowest BCUT2D eigenvalue weighted by atomic mass is 10.1. The van der Waals surface area contributed by atoms with Crippen molar-refractivity contribution in [3.05, 3.63) is 53.9 Å². The van der Waals surface area contributed by atoms with Gasteiger partial charge in [-0.25, -0.2) is 0 Å². The number of hydrogen-bond acceptors (Lipinski definition) is 4. The summed E-state index contributed by atoms with van der Waals surface area (Å²) >= 11 is 0. The summed E-state index contributed by atoms with van der Waals surface area (Å²) in [6.45, 7) is 4.24. The van der Waals surface area contributed by atoms with Crippen LogP contribution < -0.4 is 9.64 Å². The summed E-state index contributed by atoms with van der Waals surface area (Å²) in [5.74, 6) is 0.440. The average Bonchev–Trinajstić information content (AvgIpc) is 3.25. The van der Waals surface area contributed by atoms with Crippen LogP contribution in [0.4, 0.5) is 5.69 Å². The molecule has 6 heteroatoms. The van der Waals surface area contributed by atoms with Gasteiger partial charge in [0, 0.05) is 25.0 Å². The molecule has 4 rings (SSSR count). The van der Waals surface area contributed by atoms with E-state index < -0.39 is 6.10 Å². The molecule has 0 N–H and O–H groups in total. The lowest BCUT2D eigenvalue weighted by Crippen LogP contribution is -2.51. The average molecular weight is 393 g/mol. The number of aryl methyl sites for hydroxylation is 1. The Morgan fingerprint density at radius 3 is 2.79 bits per heavy atom. The van der Waals surface area contributed by atoms with E-state index in [-0.39, 0.29) is 24.4 Å². The van der Waals surface area contributed by atoms with Crippen molar-refractivity contribution in [2.24, 2.45) is 0 Å². The van der Waals surface area contributed by atoms with Gasteiger partial charge >= 0.3 is 0 Å². The summed E-state index contributed by atoms with van der Waals surface area (Å²) in [6, 6.07) is 9.83. The van der Waals surface area contributed by atoms with Crippen LogP contribution in [0.3, 0.4) is 0 Å². The monoisotopic (exact) mass is 393 g/mol. The first-order valence-corrected chi connectivity index (χ1v) is 10.3. The molecule has 1 saturated carbocycles. The minimum absolute atomic E-state index is 0.0275. The van der Waals surface area contributed by atoms with Crippen molar-refractivity contribution in [1.82, 2.24) is 9.88 Å². The molecule has 29 heavy (non-hydrogen) atoms. The van der Waals surface area contributed by atoms with Gasteiger partial charge < -0.3 is 9.64 Å². The number of benzene rings is 1. The zero-order valence-corrected chi connectivity index (χ0v) is 17.0. The standard InChI is InChI=1S/C23H27N3O3/c1-16-9-10-21-20(12-16)26(23(28)17(2)29-21)15-22(27)25(19-7-3-4-8-19)14-18-6-5-11-24-13-18/h5-6,9-13,17,19H,3-4,7-8,14-15H2,1-2H3/t17-/m0/s1. The molecule has 0 saturated heterocycles. The predicted octanol–water partition coefficient (Wildman–Crippen LogP) is 3.48. The fourth-order valence-electron chi connectivity index (χ4n) is 4.23. The van der Waals surface area contributed by atoms with E-state index in [9.17, 15) is 9.59 Å². The number of carbonyl (C=O) groups is 2. The van der Waals surface area contributed by atoms with Crippen molar-refractivity contribution < 1.29 is 14.3 Å². The van der Waals surface area contributed by atoms with Crippen molar-refractivity contribution >= 4 is 17.5 Å². The third-order valence-electron chi connectivity index (χ3n) is 5.78. The summed E-state index contributed by atoms with van der Waals surface area (Å²) in [5, 5.41) is 0. The second kappa shape index (κ2) is 8.23. The van der Waals surface area contributed by atoms with E-state index in [0.29, 0.717) is 18.0 Å². The van der Waals surface area contributed by atoms with Crippen molar-refractivity contribution in [2.45, 2.75) is 58.2 Å². The number of pyridine rings is 1. The maximum absolute atomic E-state index is 13.4. The Hall–Kier alpha value is -2.89. The maximum Gasteiger partial charge on any atom is 0.268 e. The summed E-state index contributed by atoms with van der Waals surface area (Å²) < 4.78 is 5.74. The van der Waals surface area contributed by atoms with Crippen LogP contribution >= 0.6 is 0 Å². The lowest BCUT2D eigenvalue weighted by Gasteiger charge is -2.36. The molecule has 2 aromatic rings. The van der Waals surface area contributed by atoms with Crippen LogP contribution in [-0.4, -0.2) is 40.4 Å². The molecular formula is C23H27N3O3. The molecule has 0 unspecified atom stereocenters. The highest BCUT2D eigenvalue weighted by Gasteiger charge is 2.35. The number of hydrogen-bond donors (Lipinski definition) is 0. The van der Waals surface area contributed by atoms with E-state index in [2.05, 4.69) is 4.98 Å². The van der Waals surface area contributed by atoms with Crippen LogP contribution in [0.1, 0.15) is 43.7 Å². The van der Waals surface area contributed by atoms with Crippen LogP contribution in [0.15, 0.2) is 42.7 Å². The Bertz CT molecular complexity index is 893. The van der Waals surface area contributed by atoms with Crippen LogP contribution in [-0.2, 0) is 16.1 Å². The number of anilines is 1. The Balaban J connectivity index is 1.60. The Morgan fingerprint density at radius 2 is 2.07 bits per heavy atom. The van der Waals surface area contributed by atoms with E-state index in [4.69, 9.17) is 4.74 Å². The van der Waals surface area contributed by atoms with Crippen molar-refractivity contribution in [3.63, 3.8) is 0 Å². The third kappa shape index (κ3) is 4.11. The van der Waals surface area contributed by atoms with Crippen LogP contribution in [0.25, 0.3) is 0 Å². The highest BCUT2D eigenvalue weighted by atomic mass is 16.5. The first kappa shape index (κ1) is 19.4. The van der Waals surface area contributed by atoms with Gasteiger partial charge in [0.15, 0.2) is 6.10 Å². The summed E-state index contributed by atoms with van der Waals surface area (Å²) in [4.78, 5) is 34.0. The maximum atomic E-state index is 13.4. The van der Waals surface area contributed by atoms with Gasteiger partial charge in [0.25, 0.3) is 5.91 Å². The molecule has 152 valence electrons. The largest absolute Gasteiger partial charge is 0.479 e. The van der Waals surface area contributed by atoms with E-state index in [0.717, 1.165) is 36.8 Å². The summed E-state index contributed by atoms with van der Waals surface area (Å²) in [5.41, 5.74) is 2.70. The molecule has 6 nitrogen and oxygen atoms in total. The minimum Gasteiger partial charge on any atom is -0.479 e. The SMILES string of the molecule is Cc1ccc2c(c1)N(CC(=O)N(Cc1cccnc1)C1CCCC1)C(=O)[C@H](C)O2. The number of rotatable bonds is 5. The van der Waals surface area contributed by atoms with E-state index >= 15 is 0 Å². The number of ether oxygens (including phenoxy) is 1. The van der Waals surface area contributed by atoms with Gasteiger partial charge in [-0.3, -0.25) is 19.5 Å². The second-order valence-corrected chi connectivity index (χ2v) is 7.98. The van der Waals surface area contributed by atoms with Gasteiger partial charge in [-0.05, 0) is 56.0 Å². The molecule has 1 fully saturated rings. The number of nitrogens with zero attached hydrogens (tertiary/aromatic N) is 3. The molecule has 1 aliphatic carbocycles. The van der Waals surface area contributed by atoms with Crippen LogP contribution in [0, 0.1) is 6.92 Å². The zero-order chi connectivity index (χ0) is 20.4. The van der Waals surface area contributed by atoms with Gasteiger partial charge in [-0.15, -0.1) is 0 Å². The van der Waals surface area contributed by atoms with E-state index in [1.807, 2.05) is 42.2 Å². The minimum atomic E-state index is -0.601. The van der Waals surface area contributed by atoms with Gasteiger partial charge in [0.05, 0.1) is 5.69 Å². The summed E-state index contributed by atoms with van der Waals surface area (Å²) in [6.07, 6.45) is 7.23. The Morgan fingerprint density at radius 1 is 1.28 bits per heavy atom. The van der Waals surface area contributed by atoms with Gasteiger partial charge in [0.2, 0.25) is 5.91 Å². The first-order valence-electron chi connectivity index (χ1n) is 10.3. The fraction of sp³-hybridized carbons (Fsp3) is 0.435. The number of fused-ring (bicyclic) bond motifs is 1. The Kier molecular flexibility index (Phi) is 5.51. The van der Waals surface area contributed by atoms with Crippen molar-refractivity contribution in [3.8, 4) is 5.75 Å². The van der Waals surface area contributed by atoms with Gasteiger partial charge in [-0.1, -0.05) is 25.0 Å². The molecule has 1 aromatic heterocycles. The highest BCUT2D eigenvalue weighted by Crippen LogP contribution is 2.35. The summed E-state index contributed by atoms with van der Waals surface area (Å²) in [7, 11) is 0. The van der Waals surface area contributed by atoms with Gasteiger partial charge in [-0.2, -0.15) is 0 Å². The quantitative estimate of drug-likeness (QED) is 0.780. The lowest BCUT2D eigenvalue weighted by molar-refractivity contribution is -0.135. The fourth-order valence-corrected chi connectivity index (χ4v) is 4.23. The molecule has 1 aliphatic heterocycles. The number of amides is 2. The third-order valence-corrected chi connectivity index (χ3v) is 5.78. The second-order valence-electron chi connectivity index (χ2n) is 7.98. The molecule has 2 aliphatic rings. The molecule has 1 aromatic carbocycles. The van der Waals surface area contributed by atoms with Crippen molar-refractivity contribution in [2.75, 3.05) is 11.4 Å². The highest BCUT2D eigenvalue weighted by molar-refractivity contribution is 6.03. The molecule has 1 atom stereocenters. The number of aromatic nitrogens is 1. The first-order chi connectivity index (χ1) is 14.0. The van der Waals surface area contributed by atoms with Crippen LogP contribution in [0.5, 0.6) is 5.75 Å². The normalized spacial score (nSPS) is 19.0. The van der Waals surface area contributed by atoms with Crippen LogP contribution in [0.2, 0.25) is 0 Å². The molecule has 0 spiro atoms. The molecule has 0 radical (unpaired) electrons. The zero-order valence-electron chi connectivity index (χ0n) is 17.0. The van der Waals surface area contributed by atoms with E-state index in [1.54, 1.807) is 24.2 Å². The number of carbonyl (C=O) groups excluding carboxylic acids is 2. The van der Waals surface area contributed by atoms with E-state index in [1.165, 1.54) is 0 Å². The smallest absolute Gasteiger partial charge is 0.268 e. The predicted molar refractivity (Wildman–Crippen MR) is 111 cm³/mol. The van der Waals surface area contributed by atoms with Crippen molar-refractivity contribution in [1.29, 1.82) is 0 Å². The molecule has 2 amide bonds. The molecule has 2 heterocycles. The molecule has 0 bridgehead atoms.